The van der Waals surface area contributed by atoms with Crippen LogP contribution in [0.25, 0.3) is 0 Å². The van der Waals surface area contributed by atoms with Crippen LogP contribution >= 0.6 is 15.9 Å². The molecule has 72 valence electrons. The van der Waals surface area contributed by atoms with Crippen LogP contribution in [0.3, 0.4) is 0 Å². The standard InChI is InChI=1S/C11H21Br/c1-3-4-5-6-7-11(9-12)8-10(11)2/h10H,3-9H2,1-2H3. The number of hydrogen-bond donors (Lipinski definition) is 0. The predicted octanol–water partition coefficient (Wildman–Crippen LogP) is 4.38. The second-order valence-corrected chi connectivity index (χ2v) is 4.97. The molecular weight excluding hydrogens is 212 g/mol. The molecule has 0 aromatic carbocycles. The van der Waals surface area contributed by atoms with Crippen molar-refractivity contribution in [1.29, 1.82) is 0 Å². The van der Waals surface area contributed by atoms with Crippen molar-refractivity contribution in [3.63, 3.8) is 0 Å². The van der Waals surface area contributed by atoms with Gasteiger partial charge in [-0.15, -0.1) is 0 Å². The molecule has 12 heavy (non-hydrogen) atoms. The summed E-state index contributed by atoms with van der Waals surface area (Å²) in [5.74, 6) is 0.985. The fourth-order valence-electron chi connectivity index (χ4n) is 2.06. The molecule has 2 atom stereocenters. The van der Waals surface area contributed by atoms with E-state index < -0.39 is 0 Å². The number of rotatable bonds is 6. The summed E-state index contributed by atoms with van der Waals surface area (Å²) < 4.78 is 0. The summed E-state index contributed by atoms with van der Waals surface area (Å²) in [6.45, 7) is 4.67. The van der Waals surface area contributed by atoms with Gasteiger partial charge >= 0.3 is 0 Å². The monoisotopic (exact) mass is 232 g/mol. The van der Waals surface area contributed by atoms with Crippen LogP contribution in [0.2, 0.25) is 0 Å². The second-order valence-electron chi connectivity index (χ2n) is 4.41. The van der Waals surface area contributed by atoms with E-state index in [1.165, 1.54) is 43.9 Å². The summed E-state index contributed by atoms with van der Waals surface area (Å²) in [4.78, 5) is 0. The maximum Gasteiger partial charge on any atom is 0.00906 e. The lowest BCUT2D eigenvalue weighted by molar-refractivity contribution is 0.452. The third kappa shape index (κ3) is 2.48. The highest BCUT2D eigenvalue weighted by atomic mass is 79.9. The van der Waals surface area contributed by atoms with E-state index in [0.717, 1.165) is 5.92 Å². The van der Waals surface area contributed by atoms with Crippen molar-refractivity contribution in [2.24, 2.45) is 11.3 Å². The third-order valence-corrected chi connectivity index (χ3v) is 4.51. The normalized spacial score (nSPS) is 33.8. The van der Waals surface area contributed by atoms with Gasteiger partial charge in [-0.2, -0.15) is 0 Å². The summed E-state index contributed by atoms with van der Waals surface area (Å²) in [5.41, 5.74) is 0.716. The van der Waals surface area contributed by atoms with Crippen molar-refractivity contribution >= 4 is 15.9 Å². The molecule has 1 saturated carbocycles. The van der Waals surface area contributed by atoms with Gasteiger partial charge in [-0.25, -0.2) is 0 Å². The van der Waals surface area contributed by atoms with Crippen LogP contribution in [0.15, 0.2) is 0 Å². The summed E-state index contributed by atoms with van der Waals surface area (Å²) in [6.07, 6.45) is 8.59. The van der Waals surface area contributed by atoms with E-state index in [1.807, 2.05) is 0 Å². The maximum absolute atomic E-state index is 3.64. The molecule has 0 N–H and O–H groups in total. The molecule has 0 saturated heterocycles. The number of halogens is 1. The Bertz CT molecular complexity index is 129. The first kappa shape index (κ1) is 10.6. The van der Waals surface area contributed by atoms with Gasteiger partial charge in [0.15, 0.2) is 0 Å². The van der Waals surface area contributed by atoms with Crippen LogP contribution in [0.5, 0.6) is 0 Å². The zero-order valence-electron chi connectivity index (χ0n) is 8.41. The molecular formula is C11H21Br. The van der Waals surface area contributed by atoms with E-state index in [1.54, 1.807) is 0 Å². The molecule has 1 heteroatoms. The lowest BCUT2D eigenvalue weighted by Gasteiger charge is -2.11. The molecule has 0 aliphatic heterocycles. The molecule has 0 spiro atoms. The number of unbranched alkanes of at least 4 members (excludes halogenated alkanes) is 3. The molecule has 1 aliphatic carbocycles. The van der Waals surface area contributed by atoms with Gasteiger partial charge in [0.05, 0.1) is 0 Å². The Kier molecular flexibility index (Phi) is 4.09. The Labute approximate surface area is 85.3 Å². The Morgan fingerprint density at radius 3 is 2.42 bits per heavy atom. The van der Waals surface area contributed by atoms with Gasteiger partial charge in [0, 0.05) is 5.33 Å². The molecule has 0 radical (unpaired) electrons. The Hall–Kier alpha value is 0.480. The minimum Gasteiger partial charge on any atom is -0.0922 e. The predicted molar refractivity (Wildman–Crippen MR) is 58.8 cm³/mol. The second kappa shape index (κ2) is 4.64. The van der Waals surface area contributed by atoms with Gasteiger partial charge in [-0.3, -0.25) is 0 Å². The van der Waals surface area contributed by atoms with Crippen LogP contribution in [-0.4, -0.2) is 5.33 Å². The van der Waals surface area contributed by atoms with E-state index in [9.17, 15) is 0 Å². The minimum absolute atomic E-state index is 0.716. The Balaban J connectivity index is 2.06. The van der Waals surface area contributed by atoms with Gasteiger partial charge < -0.3 is 0 Å². The first-order valence-corrected chi connectivity index (χ1v) is 6.43. The van der Waals surface area contributed by atoms with Crippen molar-refractivity contribution in [2.75, 3.05) is 5.33 Å². The van der Waals surface area contributed by atoms with Gasteiger partial charge in [0.1, 0.15) is 0 Å². The van der Waals surface area contributed by atoms with Gasteiger partial charge in [0.2, 0.25) is 0 Å². The van der Waals surface area contributed by atoms with E-state index >= 15 is 0 Å². The molecule has 2 unspecified atom stereocenters. The van der Waals surface area contributed by atoms with Crippen LogP contribution in [0.1, 0.15) is 52.4 Å². The molecule has 0 aromatic heterocycles. The average Bonchev–Trinajstić information content (AvgIpc) is 2.72. The summed E-state index contributed by atoms with van der Waals surface area (Å²) in [7, 11) is 0. The first-order chi connectivity index (χ1) is 5.75. The zero-order chi connectivity index (χ0) is 9.03. The number of hydrogen-bond acceptors (Lipinski definition) is 0. The Morgan fingerprint density at radius 1 is 1.33 bits per heavy atom. The molecule has 0 bridgehead atoms. The fraction of sp³-hybridized carbons (Fsp3) is 1.00. The fourth-order valence-corrected chi connectivity index (χ4v) is 3.12. The molecule has 1 rings (SSSR count). The van der Waals surface area contributed by atoms with Crippen molar-refractivity contribution in [3.8, 4) is 0 Å². The lowest BCUT2D eigenvalue weighted by Crippen LogP contribution is -2.04. The molecule has 0 amide bonds. The molecule has 1 fully saturated rings. The van der Waals surface area contributed by atoms with Crippen LogP contribution in [-0.2, 0) is 0 Å². The van der Waals surface area contributed by atoms with E-state index in [0.29, 0.717) is 5.41 Å². The van der Waals surface area contributed by atoms with Crippen LogP contribution in [0.4, 0.5) is 0 Å². The summed E-state index contributed by atoms with van der Waals surface area (Å²) in [5, 5.41) is 1.23. The van der Waals surface area contributed by atoms with Gasteiger partial charge in [0.25, 0.3) is 0 Å². The first-order valence-electron chi connectivity index (χ1n) is 5.31. The topological polar surface area (TPSA) is 0 Å². The minimum atomic E-state index is 0.716. The van der Waals surface area contributed by atoms with Crippen molar-refractivity contribution in [2.45, 2.75) is 52.4 Å². The smallest absolute Gasteiger partial charge is 0.00906 e. The zero-order valence-corrected chi connectivity index (χ0v) is 9.99. The number of alkyl halides is 1. The molecule has 0 aromatic rings. The molecule has 0 heterocycles. The highest BCUT2D eigenvalue weighted by molar-refractivity contribution is 9.09. The largest absolute Gasteiger partial charge is 0.0922 e. The molecule has 1 aliphatic rings. The van der Waals surface area contributed by atoms with E-state index in [4.69, 9.17) is 0 Å². The Morgan fingerprint density at radius 2 is 2.00 bits per heavy atom. The highest BCUT2D eigenvalue weighted by Gasteiger charge is 2.48. The average molecular weight is 233 g/mol. The quantitative estimate of drug-likeness (QED) is 0.471. The van der Waals surface area contributed by atoms with Crippen molar-refractivity contribution < 1.29 is 0 Å². The third-order valence-electron chi connectivity index (χ3n) is 3.39. The lowest BCUT2D eigenvalue weighted by atomic mass is 9.98. The van der Waals surface area contributed by atoms with Crippen LogP contribution < -0.4 is 0 Å². The van der Waals surface area contributed by atoms with E-state index in [2.05, 4.69) is 29.8 Å². The van der Waals surface area contributed by atoms with Gasteiger partial charge in [-0.05, 0) is 24.2 Å². The van der Waals surface area contributed by atoms with Gasteiger partial charge in [-0.1, -0.05) is 55.5 Å². The molecule has 0 nitrogen and oxygen atoms in total. The highest BCUT2D eigenvalue weighted by Crippen LogP contribution is 2.56. The van der Waals surface area contributed by atoms with E-state index in [-0.39, 0.29) is 0 Å². The summed E-state index contributed by atoms with van der Waals surface area (Å²) >= 11 is 3.64. The van der Waals surface area contributed by atoms with Crippen molar-refractivity contribution in [3.05, 3.63) is 0 Å². The van der Waals surface area contributed by atoms with Crippen molar-refractivity contribution in [1.82, 2.24) is 0 Å². The van der Waals surface area contributed by atoms with Crippen LogP contribution in [0, 0.1) is 11.3 Å². The maximum atomic E-state index is 3.64. The summed E-state index contributed by atoms with van der Waals surface area (Å²) in [6, 6.07) is 0. The SMILES string of the molecule is CCCCCCC1(CBr)CC1C.